The molecule has 0 atom stereocenters. The molecule has 2 amide bonds. The smallest absolute Gasteiger partial charge is 0.228 e. The van der Waals surface area contributed by atoms with Crippen LogP contribution < -0.4 is 10.2 Å². The molecule has 1 aromatic heterocycles. The molecule has 1 aliphatic heterocycles. The molecule has 1 aromatic carbocycles. The Morgan fingerprint density at radius 2 is 2.33 bits per heavy atom. The lowest BCUT2D eigenvalue weighted by atomic mass is 10.3. The lowest BCUT2D eigenvalue weighted by Gasteiger charge is -2.09. The highest BCUT2D eigenvalue weighted by molar-refractivity contribution is 7.22. The average molecular weight is 261 g/mol. The number of hydrogen-bond donors (Lipinski definition) is 1. The Hall–Kier alpha value is -1.95. The second-order valence-electron chi connectivity index (χ2n) is 4.09. The van der Waals surface area contributed by atoms with Crippen LogP contribution in [0.25, 0.3) is 10.2 Å². The Labute approximate surface area is 107 Å². The van der Waals surface area contributed by atoms with Gasteiger partial charge in [-0.1, -0.05) is 11.3 Å². The zero-order valence-corrected chi connectivity index (χ0v) is 10.4. The standard InChI is InChI=1S/C12H11N3O2S/c16-7-13-8-3-4-9-10(6-8)18-12(14-9)15-5-1-2-11(15)17/h3-4,6-7H,1-2,5H2,(H,13,16). The number of nitrogens with one attached hydrogen (secondary N) is 1. The summed E-state index contributed by atoms with van der Waals surface area (Å²) in [5.41, 5.74) is 1.59. The zero-order chi connectivity index (χ0) is 12.5. The van der Waals surface area contributed by atoms with E-state index in [1.165, 1.54) is 11.3 Å². The van der Waals surface area contributed by atoms with Crippen LogP contribution in [0.2, 0.25) is 0 Å². The molecule has 2 heterocycles. The molecule has 6 heteroatoms. The van der Waals surface area contributed by atoms with Crippen LogP contribution in [0.15, 0.2) is 18.2 Å². The third-order valence-electron chi connectivity index (χ3n) is 2.91. The molecule has 1 N–H and O–H groups in total. The lowest BCUT2D eigenvalue weighted by molar-refractivity contribution is -0.117. The number of nitrogens with zero attached hydrogens (tertiary/aromatic N) is 2. The third kappa shape index (κ3) is 1.84. The van der Waals surface area contributed by atoms with Crippen LogP contribution in [0.1, 0.15) is 12.8 Å². The van der Waals surface area contributed by atoms with E-state index in [0.717, 1.165) is 34.0 Å². The van der Waals surface area contributed by atoms with E-state index in [9.17, 15) is 9.59 Å². The molecule has 1 saturated heterocycles. The number of thiazole rings is 1. The van der Waals surface area contributed by atoms with Gasteiger partial charge in [-0.25, -0.2) is 4.98 Å². The highest BCUT2D eigenvalue weighted by Gasteiger charge is 2.24. The van der Waals surface area contributed by atoms with Gasteiger partial charge in [-0.2, -0.15) is 0 Å². The maximum Gasteiger partial charge on any atom is 0.228 e. The summed E-state index contributed by atoms with van der Waals surface area (Å²) in [5, 5.41) is 3.35. The molecule has 2 aromatic rings. The molecule has 1 fully saturated rings. The summed E-state index contributed by atoms with van der Waals surface area (Å²) in [6.07, 6.45) is 2.15. The van der Waals surface area contributed by atoms with Crippen LogP contribution >= 0.6 is 11.3 Å². The van der Waals surface area contributed by atoms with E-state index in [0.29, 0.717) is 12.8 Å². The second-order valence-corrected chi connectivity index (χ2v) is 5.10. The first-order valence-electron chi connectivity index (χ1n) is 5.69. The van der Waals surface area contributed by atoms with Gasteiger partial charge in [0.2, 0.25) is 12.3 Å². The van der Waals surface area contributed by atoms with Crippen molar-refractivity contribution in [1.29, 1.82) is 0 Å². The maximum atomic E-state index is 11.7. The molecule has 5 nitrogen and oxygen atoms in total. The van der Waals surface area contributed by atoms with Crippen molar-refractivity contribution < 1.29 is 9.59 Å². The number of amides is 2. The number of carbonyl (C=O) groups is 2. The van der Waals surface area contributed by atoms with Gasteiger partial charge in [0.15, 0.2) is 5.13 Å². The third-order valence-corrected chi connectivity index (χ3v) is 3.95. The lowest BCUT2D eigenvalue weighted by Crippen LogP contribution is -2.23. The summed E-state index contributed by atoms with van der Waals surface area (Å²) in [7, 11) is 0. The summed E-state index contributed by atoms with van der Waals surface area (Å²) in [5.74, 6) is 0.139. The molecule has 0 spiro atoms. The average Bonchev–Trinajstić information content (AvgIpc) is 2.94. The fourth-order valence-corrected chi connectivity index (χ4v) is 3.08. The molecule has 18 heavy (non-hydrogen) atoms. The Morgan fingerprint density at radius 1 is 1.44 bits per heavy atom. The predicted octanol–water partition coefficient (Wildman–Crippen LogP) is 1.99. The zero-order valence-electron chi connectivity index (χ0n) is 9.55. The van der Waals surface area contributed by atoms with Crippen molar-refractivity contribution in [3.05, 3.63) is 18.2 Å². The van der Waals surface area contributed by atoms with Gasteiger partial charge in [-0.3, -0.25) is 14.5 Å². The highest BCUT2D eigenvalue weighted by atomic mass is 32.1. The van der Waals surface area contributed by atoms with E-state index in [1.54, 1.807) is 11.0 Å². The molecule has 0 aliphatic carbocycles. The van der Waals surface area contributed by atoms with E-state index >= 15 is 0 Å². The number of hydrogen-bond acceptors (Lipinski definition) is 4. The molecule has 0 unspecified atom stereocenters. The van der Waals surface area contributed by atoms with E-state index in [2.05, 4.69) is 10.3 Å². The van der Waals surface area contributed by atoms with Crippen LogP contribution in [0.4, 0.5) is 10.8 Å². The summed E-state index contributed by atoms with van der Waals surface area (Å²) in [6.45, 7) is 0.748. The quantitative estimate of drug-likeness (QED) is 0.859. The van der Waals surface area contributed by atoms with Gasteiger partial charge in [0, 0.05) is 18.7 Å². The SMILES string of the molecule is O=CNc1ccc2nc(N3CCCC3=O)sc2c1. The Morgan fingerprint density at radius 3 is 3.06 bits per heavy atom. The first-order chi connectivity index (χ1) is 8.78. The Balaban J connectivity index is 2.00. The number of anilines is 2. The highest BCUT2D eigenvalue weighted by Crippen LogP contribution is 2.32. The van der Waals surface area contributed by atoms with Crippen molar-refractivity contribution in [2.24, 2.45) is 0 Å². The first-order valence-corrected chi connectivity index (χ1v) is 6.51. The first kappa shape index (κ1) is 11.2. The van der Waals surface area contributed by atoms with Crippen LogP contribution in [0, 0.1) is 0 Å². The summed E-state index contributed by atoms with van der Waals surface area (Å²) in [4.78, 5) is 28.2. The van der Waals surface area contributed by atoms with Crippen molar-refractivity contribution in [1.82, 2.24) is 4.98 Å². The van der Waals surface area contributed by atoms with E-state index < -0.39 is 0 Å². The number of carbonyl (C=O) groups excluding carboxylic acids is 2. The molecular weight excluding hydrogens is 250 g/mol. The van der Waals surface area contributed by atoms with Gasteiger partial charge in [-0.15, -0.1) is 0 Å². The summed E-state index contributed by atoms with van der Waals surface area (Å²) < 4.78 is 0.969. The van der Waals surface area contributed by atoms with E-state index in [-0.39, 0.29) is 5.91 Å². The van der Waals surface area contributed by atoms with Gasteiger partial charge < -0.3 is 5.32 Å². The topological polar surface area (TPSA) is 62.3 Å². The second kappa shape index (κ2) is 4.38. The fourth-order valence-electron chi connectivity index (χ4n) is 2.04. The monoisotopic (exact) mass is 261 g/mol. The molecule has 3 rings (SSSR count). The van der Waals surface area contributed by atoms with Crippen molar-refractivity contribution >= 4 is 44.7 Å². The van der Waals surface area contributed by atoms with Crippen molar-refractivity contribution in [2.45, 2.75) is 12.8 Å². The normalized spacial score (nSPS) is 15.3. The van der Waals surface area contributed by atoms with Crippen LogP contribution in [0.5, 0.6) is 0 Å². The molecule has 92 valence electrons. The number of aromatic nitrogens is 1. The molecular formula is C12H11N3O2S. The maximum absolute atomic E-state index is 11.7. The Kier molecular flexibility index (Phi) is 2.71. The van der Waals surface area contributed by atoms with Crippen LogP contribution in [-0.2, 0) is 9.59 Å². The fraction of sp³-hybridized carbons (Fsp3) is 0.250. The molecule has 1 aliphatic rings. The molecule has 0 saturated carbocycles. The van der Waals surface area contributed by atoms with Crippen LogP contribution in [-0.4, -0.2) is 23.8 Å². The number of rotatable bonds is 3. The van der Waals surface area contributed by atoms with Crippen molar-refractivity contribution in [3.63, 3.8) is 0 Å². The Bertz CT molecular complexity index is 623. The summed E-state index contributed by atoms with van der Waals surface area (Å²) in [6, 6.07) is 5.51. The van der Waals surface area contributed by atoms with Gasteiger partial charge >= 0.3 is 0 Å². The minimum Gasteiger partial charge on any atom is -0.329 e. The van der Waals surface area contributed by atoms with Gasteiger partial charge in [0.25, 0.3) is 0 Å². The van der Waals surface area contributed by atoms with E-state index in [4.69, 9.17) is 0 Å². The minimum absolute atomic E-state index is 0.139. The molecule has 0 bridgehead atoms. The summed E-state index contributed by atoms with van der Waals surface area (Å²) >= 11 is 1.48. The van der Waals surface area contributed by atoms with Gasteiger partial charge in [0.1, 0.15) is 0 Å². The predicted molar refractivity (Wildman–Crippen MR) is 70.9 cm³/mol. The van der Waals surface area contributed by atoms with Gasteiger partial charge in [0.05, 0.1) is 10.2 Å². The van der Waals surface area contributed by atoms with Crippen molar-refractivity contribution in [3.8, 4) is 0 Å². The largest absolute Gasteiger partial charge is 0.329 e. The number of benzene rings is 1. The van der Waals surface area contributed by atoms with Gasteiger partial charge in [-0.05, 0) is 24.6 Å². The van der Waals surface area contributed by atoms with Crippen LogP contribution in [0.3, 0.4) is 0 Å². The minimum atomic E-state index is 0.139. The van der Waals surface area contributed by atoms with E-state index in [1.807, 2.05) is 12.1 Å². The van der Waals surface area contributed by atoms with Crippen molar-refractivity contribution in [2.75, 3.05) is 16.8 Å². The molecule has 0 radical (unpaired) electrons. The number of fused-ring (bicyclic) bond motifs is 1.